The monoisotopic (exact) mass is 187 g/mol. The van der Waals surface area contributed by atoms with Crippen LogP contribution >= 0.6 is 0 Å². The Kier molecular flexibility index (Phi) is 3.33. The molecule has 0 bridgehead atoms. The minimum atomic E-state index is -0.0971. The first kappa shape index (κ1) is 11.0. The van der Waals surface area contributed by atoms with Crippen molar-refractivity contribution in [1.29, 1.82) is 0 Å². The molecule has 0 aromatic carbocycles. The van der Waals surface area contributed by atoms with E-state index in [1.54, 1.807) is 0 Å². The van der Waals surface area contributed by atoms with Crippen LogP contribution in [0.25, 0.3) is 0 Å². The molecule has 0 amide bonds. The molecule has 3 unspecified atom stereocenters. The first-order chi connectivity index (χ1) is 5.94. The lowest BCUT2D eigenvalue weighted by Crippen LogP contribution is -2.59. The fraction of sp³-hybridized carbons (Fsp3) is 1.00. The molecule has 1 aliphatic rings. The van der Waals surface area contributed by atoms with E-state index in [0.29, 0.717) is 6.61 Å². The Morgan fingerprint density at radius 1 is 1.38 bits per heavy atom. The Labute approximate surface area is 80.6 Å². The molecule has 3 nitrogen and oxygen atoms in total. The average Bonchev–Trinajstić information content (AvgIpc) is 1.97. The molecule has 3 atom stereocenters. The van der Waals surface area contributed by atoms with Crippen LogP contribution in [0.1, 0.15) is 34.1 Å². The smallest absolute Gasteiger partial charge is 0.0988 e. The molecule has 0 saturated heterocycles. The largest absolute Gasteiger partial charge is 0.374 e. The van der Waals surface area contributed by atoms with Gasteiger partial charge in [-0.15, -0.1) is 0 Å². The average molecular weight is 187 g/mol. The third-order valence-electron chi connectivity index (χ3n) is 2.16. The van der Waals surface area contributed by atoms with Gasteiger partial charge in [0.2, 0.25) is 0 Å². The normalized spacial score (nSPS) is 34.4. The number of nitrogens with two attached hydrogens (primary N) is 1. The van der Waals surface area contributed by atoms with E-state index in [-0.39, 0.29) is 23.9 Å². The predicted octanol–water partition coefficient (Wildman–Crippen LogP) is 1.31. The summed E-state index contributed by atoms with van der Waals surface area (Å²) in [6.45, 7) is 8.86. The van der Waals surface area contributed by atoms with Crippen LogP contribution in [0.4, 0.5) is 0 Å². The maximum Gasteiger partial charge on any atom is 0.0988 e. The second-order valence-corrected chi connectivity index (χ2v) is 4.59. The molecule has 0 aromatic rings. The molecule has 2 N–H and O–H groups in total. The van der Waals surface area contributed by atoms with Gasteiger partial charge in [-0.25, -0.2) is 0 Å². The van der Waals surface area contributed by atoms with Crippen molar-refractivity contribution in [3.8, 4) is 0 Å². The topological polar surface area (TPSA) is 44.5 Å². The van der Waals surface area contributed by atoms with Crippen molar-refractivity contribution in [1.82, 2.24) is 0 Å². The molecule has 0 aliphatic heterocycles. The van der Waals surface area contributed by atoms with Gasteiger partial charge in [0, 0.05) is 12.6 Å². The second-order valence-electron chi connectivity index (χ2n) is 4.59. The Morgan fingerprint density at radius 3 is 2.38 bits per heavy atom. The van der Waals surface area contributed by atoms with Crippen molar-refractivity contribution in [3.05, 3.63) is 0 Å². The fourth-order valence-corrected chi connectivity index (χ4v) is 1.61. The molecule has 13 heavy (non-hydrogen) atoms. The summed E-state index contributed by atoms with van der Waals surface area (Å²) in [5, 5.41) is 0. The number of hydrogen-bond donors (Lipinski definition) is 1. The Hall–Kier alpha value is -0.120. The minimum absolute atomic E-state index is 0.0971. The van der Waals surface area contributed by atoms with Gasteiger partial charge < -0.3 is 15.2 Å². The van der Waals surface area contributed by atoms with Gasteiger partial charge in [-0.05, 0) is 34.1 Å². The van der Waals surface area contributed by atoms with Crippen molar-refractivity contribution >= 4 is 0 Å². The van der Waals surface area contributed by atoms with Crippen LogP contribution in [0.2, 0.25) is 0 Å². The van der Waals surface area contributed by atoms with E-state index in [0.717, 1.165) is 6.42 Å². The summed E-state index contributed by atoms with van der Waals surface area (Å²) >= 11 is 0. The molecule has 0 heterocycles. The second kappa shape index (κ2) is 3.95. The van der Waals surface area contributed by atoms with E-state index in [1.165, 1.54) is 0 Å². The number of rotatable bonds is 3. The van der Waals surface area contributed by atoms with Gasteiger partial charge in [0.25, 0.3) is 0 Å². The van der Waals surface area contributed by atoms with Gasteiger partial charge in [0.1, 0.15) is 0 Å². The van der Waals surface area contributed by atoms with Crippen LogP contribution in [0.3, 0.4) is 0 Å². The highest BCUT2D eigenvalue weighted by Crippen LogP contribution is 2.29. The van der Waals surface area contributed by atoms with Gasteiger partial charge in [-0.2, -0.15) is 0 Å². The van der Waals surface area contributed by atoms with Crippen molar-refractivity contribution in [2.45, 2.75) is 58.0 Å². The van der Waals surface area contributed by atoms with Gasteiger partial charge >= 0.3 is 0 Å². The van der Waals surface area contributed by atoms with Gasteiger partial charge in [0.05, 0.1) is 17.8 Å². The molecule has 1 rings (SSSR count). The molecular formula is C10H21NO2. The molecule has 0 aromatic heterocycles. The lowest BCUT2D eigenvalue weighted by Gasteiger charge is -2.44. The quantitative estimate of drug-likeness (QED) is 0.724. The zero-order valence-corrected chi connectivity index (χ0v) is 9.04. The summed E-state index contributed by atoms with van der Waals surface area (Å²) in [5.41, 5.74) is 5.72. The van der Waals surface area contributed by atoms with Crippen molar-refractivity contribution < 1.29 is 9.47 Å². The zero-order valence-electron chi connectivity index (χ0n) is 9.04. The zero-order chi connectivity index (χ0) is 10.1. The van der Waals surface area contributed by atoms with Gasteiger partial charge in [0.15, 0.2) is 0 Å². The summed E-state index contributed by atoms with van der Waals surface area (Å²) < 4.78 is 11.3. The van der Waals surface area contributed by atoms with E-state index >= 15 is 0 Å². The Bertz CT molecular complexity index is 165. The molecule has 78 valence electrons. The number of hydrogen-bond acceptors (Lipinski definition) is 3. The van der Waals surface area contributed by atoms with Gasteiger partial charge in [-0.3, -0.25) is 0 Å². The van der Waals surface area contributed by atoms with Gasteiger partial charge in [-0.1, -0.05) is 0 Å². The molecule has 3 heteroatoms. The van der Waals surface area contributed by atoms with Crippen molar-refractivity contribution in [2.75, 3.05) is 6.61 Å². The summed E-state index contributed by atoms with van der Waals surface area (Å²) in [6.07, 6.45) is 1.21. The summed E-state index contributed by atoms with van der Waals surface area (Å²) in [7, 11) is 0. The summed E-state index contributed by atoms with van der Waals surface area (Å²) in [6, 6.07) is 0.160. The maximum absolute atomic E-state index is 5.81. The number of ether oxygens (including phenoxy) is 2. The highest BCUT2D eigenvalue weighted by Gasteiger charge is 2.42. The van der Waals surface area contributed by atoms with Crippen molar-refractivity contribution in [2.24, 2.45) is 5.73 Å². The highest BCUT2D eigenvalue weighted by molar-refractivity contribution is 4.96. The highest BCUT2D eigenvalue weighted by atomic mass is 16.6. The predicted molar refractivity (Wildman–Crippen MR) is 52.6 cm³/mol. The molecule has 1 fully saturated rings. The first-order valence-electron chi connectivity index (χ1n) is 4.99. The maximum atomic E-state index is 5.81. The Morgan fingerprint density at radius 2 is 2.00 bits per heavy atom. The van der Waals surface area contributed by atoms with Crippen LogP contribution in [0.15, 0.2) is 0 Å². The van der Waals surface area contributed by atoms with E-state index in [2.05, 4.69) is 20.8 Å². The molecule has 0 radical (unpaired) electrons. The van der Waals surface area contributed by atoms with Crippen LogP contribution in [-0.4, -0.2) is 30.5 Å². The van der Waals surface area contributed by atoms with E-state index in [4.69, 9.17) is 15.2 Å². The standard InChI is InChI=1S/C10H21NO2/c1-5-12-9-7(11)6-8(9)13-10(2,3)4/h7-9H,5-6,11H2,1-4H3. The Balaban J connectivity index is 2.36. The molecule has 1 aliphatic carbocycles. The van der Waals surface area contributed by atoms with Crippen LogP contribution in [0, 0.1) is 0 Å². The lowest BCUT2D eigenvalue weighted by atomic mass is 9.85. The molecular weight excluding hydrogens is 166 g/mol. The van der Waals surface area contributed by atoms with E-state index in [1.807, 2.05) is 6.92 Å². The van der Waals surface area contributed by atoms with Crippen molar-refractivity contribution in [3.63, 3.8) is 0 Å². The summed E-state index contributed by atoms with van der Waals surface area (Å²) in [5.74, 6) is 0. The minimum Gasteiger partial charge on any atom is -0.374 e. The summed E-state index contributed by atoms with van der Waals surface area (Å²) in [4.78, 5) is 0. The third-order valence-corrected chi connectivity index (χ3v) is 2.16. The van der Waals surface area contributed by atoms with Crippen LogP contribution in [-0.2, 0) is 9.47 Å². The van der Waals surface area contributed by atoms with Crippen LogP contribution in [0.5, 0.6) is 0 Å². The molecule has 0 spiro atoms. The SMILES string of the molecule is CCOC1C(N)CC1OC(C)(C)C. The third kappa shape index (κ3) is 2.93. The van der Waals surface area contributed by atoms with E-state index in [9.17, 15) is 0 Å². The lowest BCUT2D eigenvalue weighted by molar-refractivity contribution is -0.180. The first-order valence-corrected chi connectivity index (χ1v) is 4.99. The molecule has 1 saturated carbocycles. The van der Waals surface area contributed by atoms with E-state index < -0.39 is 0 Å². The fourth-order valence-electron chi connectivity index (χ4n) is 1.61. The van der Waals surface area contributed by atoms with Crippen LogP contribution < -0.4 is 5.73 Å².